The van der Waals surface area contributed by atoms with E-state index in [2.05, 4.69) is 40.1 Å². The van der Waals surface area contributed by atoms with Crippen LogP contribution in [0.15, 0.2) is 0 Å². The Balaban J connectivity index is 1.92. The second-order valence-electron chi connectivity index (χ2n) is 8.85. The third kappa shape index (κ3) is 4.69. The molecular formula is C19H37NO. The van der Waals surface area contributed by atoms with Crippen LogP contribution in [0.1, 0.15) is 79.1 Å². The highest BCUT2D eigenvalue weighted by Crippen LogP contribution is 2.44. The van der Waals surface area contributed by atoms with Crippen molar-refractivity contribution in [3.63, 3.8) is 0 Å². The molecule has 2 nitrogen and oxygen atoms in total. The SMILES string of the molecule is CNCC1(OC2CCC(C)CC2)CCC(C(C)(C)C)CC1. The molecule has 0 aromatic rings. The Morgan fingerprint density at radius 2 is 1.57 bits per heavy atom. The average Bonchev–Trinajstić information content (AvgIpc) is 2.41. The van der Waals surface area contributed by atoms with Crippen LogP contribution in [-0.4, -0.2) is 25.3 Å². The van der Waals surface area contributed by atoms with E-state index in [4.69, 9.17) is 4.74 Å². The first-order valence-electron chi connectivity index (χ1n) is 9.17. The van der Waals surface area contributed by atoms with Gasteiger partial charge < -0.3 is 10.1 Å². The first kappa shape index (κ1) is 17.3. The Hall–Kier alpha value is -0.0800. The molecule has 0 amide bonds. The maximum absolute atomic E-state index is 6.71. The van der Waals surface area contributed by atoms with Gasteiger partial charge in [0.05, 0.1) is 11.7 Å². The number of rotatable bonds is 4. The summed E-state index contributed by atoms with van der Waals surface area (Å²) in [6.07, 6.45) is 10.9. The topological polar surface area (TPSA) is 21.3 Å². The highest BCUT2D eigenvalue weighted by atomic mass is 16.5. The summed E-state index contributed by atoms with van der Waals surface area (Å²) in [7, 11) is 2.07. The number of likely N-dealkylation sites (N-methyl/N-ethyl adjacent to an activating group) is 1. The lowest BCUT2D eigenvalue weighted by Gasteiger charge is -2.46. The Bertz CT molecular complexity index is 304. The Morgan fingerprint density at radius 1 is 1.00 bits per heavy atom. The summed E-state index contributed by atoms with van der Waals surface area (Å²) in [4.78, 5) is 0. The molecule has 0 bridgehead atoms. The highest BCUT2D eigenvalue weighted by Gasteiger charge is 2.40. The van der Waals surface area contributed by atoms with Crippen molar-refractivity contribution in [2.45, 2.75) is 90.8 Å². The zero-order valence-corrected chi connectivity index (χ0v) is 15.0. The van der Waals surface area contributed by atoms with Crippen molar-refractivity contribution in [3.05, 3.63) is 0 Å². The van der Waals surface area contributed by atoms with Gasteiger partial charge in [-0.05, 0) is 75.7 Å². The molecule has 0 aliphatic heterocycles. The molecule has 124 valence electrons. The smallest absolute Gasteiger partial charge is 0.0810 e. The van der Waals surface area contributed by atoms with E-state index >= 15 is 0 Å². The van der Waals surface area contributed by atoms with Gasteiger partial charge in [0.25, 0.3) is 0 Å². The second-order valence-corrected chi connectivity index (χ2v) is 8.85. The predicted octanol–water partition coefficient (Wildman–Crippen LogP) is 4.78. The molecule has 0 spiro atoms. The molecule has 0 aromatic heterocycles. The van der Waals surface area contributed by atoms with Crippen LogP contribution in [0, 0.1) is 17.3 Å². The van der Waals surface area contributed by atoms with Crippen LogP contribution in [0.4, 0.5) is 0 Å². The second kappa shape index (κ2) is 7.00. The minimum absolute atomic E-state index is 0.113. The minimum atomic E-state index is 0.113. The first-order valence-corrected chi connectivity index (χ1v) is 9.17. The van der Waals surface area contributed by atoms with E-state index in [1.54, 1.807) is 0 Å². The normalized spacial score (nSPS) is 38.4. The summed E-state index contributed by atoms with van der Waals surface area (Å²) in [5.41, 5.74) is 0.563. The fourth-order valence-electron chi connectivity index (χ4n) is 4.37. The molecule has 0 radical (unpaired) electrons. The Kier molecular flexibility index (Phi) is 5.76. The summed E-state index contributed by atoms with van der Waals surface area (Å²) in [5, 5.41) is 3.41. The maximum Gasteiger partial charge on any atom is 0.0810 e. The Morgan fingerprint density at radius 3 is 2.05 bits per heavy atom. The van der Waals surface area contributed by atoms with Gasteiger partial charge in [-0.1, -0.05) is 27.7 Å². The minimum Gasteiger partial charge on any atom is -0.370 e. The number of ether oxygens (including phenoxy) is 1. The van der Waals surface area contributed by atoms with Crippen molar-refractivity contribution in [2.75, 3.05) is 13.6 Å². The van der Waals surface area contributed by atoms with Gasteiger partial charge in [0.1, 0.15) is 0 Å². The summed E-state index contributed by atoms with van der Waals surface area (Å²) < 4.78 is 6.71. The van der Waals surface area contributed by atoms with E-state index in [0.717, 1.165) is 18.4 Å². The van der Waals surface area contributed by atoms with Crippen LogP contribution in [-0.2, 0) is 4.74 Å². The Labute approximate surface area is 132 Å². The van der Waals surface area contributed by atoms with Gasteiger partial charge in [-0.25, -0.2) is 0 Å². The number of hydrogen-bond acceptors (Lipinski definition) is 2. The van der Waals surface area contributed by atoms with Crippen molar-refractivity contribution in [2.24, 2.45) is 17.3 Å². The van der Waals surface area contributed by atoms with Crippen molar-refractivity contribution < 1.29 is 4.74 Å². The summed E-state index contributed by atoms with van der Waals surface area (Å²) in [5.74, 6) is 1.76. The molecule has 1 N–H and O–H groups in total. The molecule has 2 saturated carbocycles. The molecular weight excluding hydrogens is 258 g/mol. The third-order valence-electron chi connectivity index (χ3n) is 6.00. The summed E-state index contributed by atoms with van der Waals surface area (Å²) in [6, 6.07) is 0. The van der Waals surface area contributed by atoms with E-state index in [1.165, 1.54) is 51.4 Å². The van der Waals surface area contributed by atoms with Crippen LogP contribution < -0.4 is 5.32 Å². The third-order valence-corrected chi connectivity index (χ3v) is 6.00. The molecule has 21 heavy (non-hydrogen) atoms. The molecule has 2 heteroatoms. The summed E-state index contributed by atoms with van der Waals surface area (Å²) in [6.45, 7) is 10.6. The standard InChI is InChI=1S/C19H37NO/c1-15-6-8-17(9-7-15)21-19(14-20-5)12-10-16(11-13-19)18(2,3)4/h15-17,20H,6-14H2,1-5H3. The molecule has 0 atom stereocenters. The van der Waals surface area contributed by atoms with Crippen LogP contribution in [0.25, 0.3) is 0 Å². The van der Waals surface area contributed by atoms with Crippen molar-refractivity contribution >= 4 is 0 Å². The van der Waals surface area contributed by atoms with Gasteiger partial charge in [-0.2, -0.15) is 0 Å². The van der Waals surface area contributed by atoms with Gasteiger partial charge in [-0.15, -0.1) is 0 Å². The molecule has 2 aliphatic rings. The van der Waals surface area contributed by atoms with Gasteiger partial charge in [0.15, 0.2) is 0 Å². The molecule has 0 unspecified atom stereocenters. The lowest BCUT2D eigenvalue weighted by molar-refractivity contribution is -0.133. The van der Waals surface area contributed by atoms with E-state index < -0.39 is 0 Å². The van der Waals surface area contributed by atoms with Crippen LogP contribution >= 0.6 is 0 Å². The van der Waals surface area contributed by atoms with Crippen LogP contribution in [0.5, 0.6) is 0 Å². The van der Waals surface area contributed by atoms with E-state index in [9.17, 15) is 0 Å². The van der Waals surface area contributed by atoms with Gasteiger partial charge in [0, 0.05) is 6.54 Å². The fourth-order valence-corrected chi connectivity index (χ4v) is 4.37. The number of nitrogens with one attached hydrogen (secondary N) is 1. The van der Waals surface area contributed by atoms with Crippen molar-refractivity contribution in [1.82, 2.24) is 5.32 Å². The molecule has 2 aliphatic carbocycles. The van der Waals surface area contributed by atoms with E-state index in [-0.39, 0.29) is 5.60 Å². The van der Waals surface area contributed by atoms with E-state index in [1.807, 2.05) is 0 Å². The lowest BCUT2D eigenvalue weighted by atomic mass is 9.68. The van der Waals surface area contributed by atoms with Crippen molar-refractivity contribution in [3.8, 4) is 0 Å². The highest BCUT2D eigenvalue weighted by molar-refractivity contribution is 4.93. The van der Waals surface area contributed by atoms with Crippen LogP contribution in [0.3, 0.4) is 0 Å². The zero-order chi connectivity index (χ0) is 15.5. The van der Waals surface area contributed by atoms with Crippen molar-refractivity contribution in [1.29, 1.82) is 0 Å². The largest absolute Gasteiger partial charge is 0.370 e. The molecule has 2 fully saturated rings. The predicted molar refractivity (Wildman–Crippen MR) is 90.6 cm³/mol. The summed E-state index contributed by atoms with van der Waals surface area (Å²) >= 11 is 0. The van der Waals surface area contributed by atoms with Crippen LogP contribution in [0.2, 0.25) is 0 Å². The molecule has 0 heterocycles. The number of hydrogen-bond donors (Lipinski definition) is 1. The van der Waals surface area contributed by atoms with E-state index in [0.29, 0.717) is 11.5 Å². The zero-order valence-electron chi connectivity index (χ0n) is 15.0. The quantitative estimate of drug-likeness (QED) is 0.806. The molecule has 0 aromatic carbocycles. The van der Waals surface area contributed by atoms with Gasteiger partial charge in [0.2, 0.25) is 0 Å². The maximum atomic E-state index is 6.71. The fraction of sp³-hybridized carbons (Fsp3) is 1.00. The monoisotopic (exact) mass is 295 g/mol. The van der Waals surface area contributed by atoms with Gasteiger partial charge >= 0.3 is 0 Å². The lowest BCUT2D eigenvalue weighted by Crippen LogP contribution is -2.48. The molecule has 2 rings (SSSR count). The van der Waals surface area contributed by atoms with Gasteiger partial charge in [-0.3, -0.25) is 0 Å². The average molecular weight is 296 g/mol. The first-order chi connectivity index (χ1) is 9.85. The molecule has 0 saturated heterocycles.